The molecule has 2 rings (SSSR count). The van der Waals surface area contributed by atoms with Gasteiger partial charge in [0.1, 0.15) is 17.2 Å². The fourth-order valence-electron chi connectivity index (χ4n) is 2.25. The predicted octanol–water partition coefficient (Wildman–Crippen LogP) is -1.11. The van der Waals surface area contributed by atoms with E-state index in [9.17, 15) is 9.59 Å². The number of anilines is 2. The second-order valence-electron chi connectivity index (χ2n) is 5.27. The summed E-state index contributed by atoms with van der Waals surface area (Å²) >= 11 is 0. The van der Waals surface area contributed by atoms with E-state index in [4.69, 9.17) is 17.2 Å². The van der Waals surface area contributed by atoms with Crippen molar-refractivity contribution in [3.05, 3.63) is 29.2 Å². The van der Waals surface area contributed by atoms with E-state index in [1.165, 1.54) is 4.68 Å². The minimum atomic E-state index is -0.418. The molecule has 2 aromatic rings. The van der Waals surface area contributed by atoms with Crippen LogP contribution in [0.5, 0.6) is 0 Å². The second kappa shape index (κ2) is 7.38. The number of aromatic amines is 1. The number of nitrogen functional groups attached to an aromatic ring is 1. The first kappa shape index (κ1) is 17.8. The van der Waals surface area contributed by atoms with Crippen molar-refractivity contribution in [2.24, 2.45) is 23.5 Å². The van der Waals surface area contributed by atoms with Gasteiger partial charge in [0, 0.05) is 25.4 Å². The number of rotatable bonds is 6. The van der Waals surface area contributed by atoms with Crippen molar-refractivity contribution in [1.29, 1.82) is 0 Å². The zero-order valence-corrected chi connectivity index (χ0v) is 14.0. The van der Waals surface area contributed by atoms with Gasteiger partial charge in [-0.15, -0.1) is 0 Å². The first-order valence-corrected chi connectivity index (χ1v) is 7.42. The highest BCUT2D eigenvalue weighted by atomic mass is 16.2. The van der Waals surface area contributed by atoms with E-state index in [1.807, 2.05) is 0 Å². The van der Waals surface area contributed by atoms with Crippen LogP contribution in [0, 0.1) is 6.92 Å². The molecule has 0 aliphatic rings. The molecular weight excluding hydrogens is 326 g/mol. The van der Waals surface area contributed by atoms with Gasteiger partial charge in [-0.1, -0.05) is 0 Å². The van der Waals surface area contributed by atoms with E-state index in [-0.39, 0.29) is 30.6 Å². The van der Waals surface area contributed by atoms with E-state index in [0.29, 0.717) is 16.9 Å². The van der Waals surface area contributed by atoms with Gasteiger partial charge in [0.05, 0.1) is 12.2 Å². The lowest BCUT2D eigenvalue weighted by atomic mass is 10.2. The summed E-state index contributed by atoms with van der Waals surface area (Å²) in [6.45, 7) is 2.20. The zero-order valence-electron chi connectivity index (χ0n) is 14.0. The predicted molar refractivity (Wildman–Crippen MR) is 94.1 cm³/mol. The van der Waals surface area contributed by atoms with Crippen LogP contribution >= 0.6 is 0 Å². The summed E-state index contributed by atoms with van der Waals surface area (Å²) in [5, 5.41) is 9.32. The molecule has 0 aromatic carbocycles. The number of guanidine groups is 1. The highest BCUT2D eigenvalue weighted by molar-refractivity contribution is 6.08. The molecule has 0 atom stereocenters. The molecule has 0 radical (unpaired) electrons. The molecule has 0 saturated heterocycles. The Balaban J connectivity index is 2.07. The van der Waals surface area contributed by atoms with E-state index in [0.717, 1.165) is 0 Å². The molecule has 11 heteroatoms. The van der Waals surface area contributed by atoms with Gasteiger partial charge in [0.25, 0.3) is 11.8 Å². The van der Waals surface area contributed by atoms with Gasteiger partial charge in [-0.25, -0.2) is 0 Å². The minimum Gasteiger partial charge on any atom is -0.382 e. The van der Waals surface area contributed by atoms with Crippen molar-refractivity contribution in [3.63, 3.8) is 0 Å². The Morgan fingerprint density at radius 2 is 2.08 bits per heavy atom. The summed E-state index contributed by atoms with van der Waals surface area (Å²) in [7, 11) is 1.62. The first-order chi connectivity index (χ1) is 11.8. The Kier molecular flexibility index (Phi) is 5.27. The molecular formula is C14H21N9O2. The topological polar surface area (TPSA) is 182 Å². The van der Waals surface area contributed by atoms with Crippen LogP contribution in [0.1, 0.15) is 26.5 Å². The SMILES string of the molecule is Cc1c(N)nn(C)c1C(=O)Nc1cc[nH]c1C(=O)NCCN=C(N)N. The van der Waals surface area contributed by atoms with Crippen molar-refractivity contribution < 1.29 is 9.59 Å². The summed E-state index contributed by atoms with van der Waals surface area (Å²) < 4.78 is 1.39. The number of carbonyl (C=O) groups excluding carboxylic acids is 2. The van der Waals surface area contributed by atoms with Crippen LogP contribution in [0.15, 0.2) is 17.3 Å². The third kappa shape index (κ3) is 4.07. The quantitative estimate of drug-likeness (QED) is 0.219. The number of amides is 2. The summed E-state index contributed by atoms with van der Waals surface area (Å²) in [5.41, 5.74) is 17.6. The number of hydrogen-bond donors (Lipinski definition) is 6. The highest BCUT2D eigenvalue weighted by Gasteiger charge is 2.20. The Labute approximate surface area is 143 Å². The van der Waals surface area contributed by atoms with Crippen LogP contribution in [0.3, 0.4) is 0 Å². The van der Waals surface area contributed by atoms with Crippen molar-refractivity contribution in [3.8, 4) is 0 Å². The molecule has 0 unspecified atom stereocenters. The smallest absolute Gasteiger partial charge is 0.274 e. The van der Waals surface area contributed by atoms with Gasteiger partial charge in [0.2, 0.25) is 0 Å². The highest BCUT2D eigenvalue weighted by Crippen LogP contribution is 2.18. The van der Waals surface area contributed by atoms with E-state index in [1.54, 1.807) is 26.2 Å². The number of carbonyl (C=O) groups is 2. The standard InChI is InChI=1S/C14H21N9O2/c1-7-10(23(2)22-11(7)15)13(25)21-8-3-4-18-9(8)12(24)19-5-6-20-14(16)17/h3-4,18H,5-6H2,1-2H3,(H2,15,22)(H,19,24)(H,21,25)(H4,16,17,20). The summed E-state index contributed by atoms with van der Waals surface area (Å²) in [5.74, 6) is -0.585. The Morgan fingerprint density at radius 1 is 1.36 bits per heavy atom. The maximum absolute atomic E-state index is 12.5. The molecule has 9 N–H and O–H groups in total. The van der Waals surface area contributed by atoms with E-state index in [2.05, 4.69) is 25.7 Å². The molecule has 25 heavy (non-hydrogen) atoms. The van der Waals surface area contributed by atoms with Crippen LogP contribution in [0.4, 0.5) is 11.5 Å². The Morgan fingerprint density at radius 3 is 2.68 bits per heavy atom. The van der Waals surface area contributed by atoms with Crippen molar-refractivity contribution in [2.75, 3.05) is 24.1 Å². The second-order valence-corrected chi connectivity index (χ2v) is 5.27. The van der Waals surface area contributed by atoms with Crippen LogP contribution in [0.25, 0.3) is 0 Å². The number of aromatic nitrogens is 3. The van der Waals surface area contributed by atoms with Crippen LogP contribution < -0.4 is 27.8 Å². The molecule has 0 fully saturated rings. The lowest BCUT2D eigenvalue weighted by molar-refractivity contribution is 0.0951. The normalized spacial score (nSPS) is 10.3. The van der Waals surface area contributed by atoms with Crippen LogP contribution in [-0.2, 0) is 7.05 Å². The van der Waals surface area contributed by atoms with Gasteiger partial charge in [0.15, 0.2) is 5.96 Å². The molecule has 0 saturated carbocycles. The largest absolute Gasteiger partial charge is 0.382 e. The van der Waals surface area contributed by atoms with E-state index >= 15 is 0 Å². The zero-order chi connectivity index (χ0) is 18.6. The third-order valence-electron chi connectivity index (χ3n) is 3.45. The summed E-state index contributed by atoms with van der Waals surface area (Å²) in [6, 6.07) is 1.58. The number of nitrogens with two attached hydrogens (primary N) is 3. The molecule has 134 valence electrons. The van der Waals surface area contributed by atoms with Gasteiger partial charge >= 0.3 is 0 Å². The first-order valence-electron chi connectivity index (χ1n) is 7.42. The summed E-state index contributed by atoms with van der Waals surface area (Å²) in [6.07, 6.45) is 1.55. The number of H-pyrrole nitrogens is 1. The van der Waals surface area contributed by atoms with Gasteiger partial charge in [-0.2, -0.15) is 5.10 Å². The molecule has 0 spiro atoms. The molecule has 2 aromatic heterocycles. The number of aryl methyl sites for hydroxylation is 1. The number of aliphatic imine (C=N–C) groups is 1. The van der Waals surface area contributed by atoms with Crippen molar-refractivity contribution in [2.45, 2.75) is 6.92 Å². The maximum Gasteiger partial charge on any atom is 0.274 e. The average Bonchev–Trinajstić information content (AvgIpc) is 3.08. The lowest BCUT2D eigenvalue weighted by Gasteiger charge is -2.08. The number of nitrogens with one attached hydrogen (secondary N) is 3. The van der Waals surface area contributed by atoms with Gasteiger partial charge < -0.3 is 32.8 Å². The molecule has 0 bridgehead atoms. The van der Waals surface area contributed by atoms with Crippen molar-refractivity contribution in [1.82, 2.24) is 20.1 Å². The van der Waals surface area contributed by atoms with Crippen LogP contribution in [-0.4, -0.2) is 45.6 Å². The Hall–Kier alpha value is -3.50. The lowest BCUT2D eigenvalue weighted by Crippen LogP contribution is -2.29. The molecule has 2 amide bonds. The summed E-state index contributed by atoms with van der Waals surface area (Å²) in [4.78, 5) is 31.2. The van der Waals surface area contributed by atoms with Crippen molar-refractivity contribution >= 4 is 29.3 Å². The van der Waals surface area contributed by atoms with Crippen LogP contribution in [0.2, 0.25) is 0 Å². The van der Waals surface area contributed by atoms with Gasteiger partial charge in [-0.3, -0.25) is 19.3 Å². The van der Waals surface area contributed by atoms with Gasteiger partial charge in [-0.05, 0) is 13.0 Å². The average molecular weight is 347 g/mol. The fourth-order valence-corrected chi connectivity index (χ4v) is 2.25. The Bertz CT molecular complexity index is 814. The third-order valence-corrected chi connectivity index (χ3v) is 3.45. The molecule has 2 heterocycles. The number of hydrogen-bond acceptors (Lipinski definition) is 5. The maximum atomic E-state index is 12.5. The molecule has 11 nitrogen and oxygen atoms in total. The molecule has 0 aliphatic carbocycles. The number of nitrogens with zero attached hydrogens (tertiary/aromatic N) is 3. The van der Waals surface area contributed by atoms with E-state index < -0.39 is 11.8 Å². The fraction of sp³-hybridized carbons (Fsp3) is 0.286. The monoisotopic (exact) mass is 347 g/mol. The molecule has 0 aliphatic heterocycles. The minimum absolute atomic E-state index is 0.0482.